The standard InChI is InChI=1S/C11H13N3O2/c1-3-5-8(4-2)13-10-7-12-6-9(14-10)11(15)16/h1,6-8H,4-5H2,2H3,(H,13,14)(H,15,16). The Morgan fingerprint density at radius 1 is 1.69 bits per heavy atom. The van der Waals surface area contributed by atoms with Crippen molar-refractivity contribution < 1.29 is 9.90 Å². The normalized spacial score (nSPS) is 11.5. The Balaban J connectivity index is 2.77. The van der Waals surface area contributed by atoms with Crippen molar-refractivity contribution in [2.75, 3.05) is 5.32 Å². The van der Waals surface area contributed by atoms with E-state index in [0.717, 1.165) is 6.42 Å². The molecule has 0 amide bonds. The predicted molar refractivity (Wildman–Crippen MR) is 60.1 cm³/mol. The van der Waals surface area contributed by atoms with Gasteiger partial charge in [0.2, 0.25) is 0 Å². The molecule has 5 nitrogen and oxygen atoms in total. The van der Waals surface area contributed by atoms with Crippen LogP contribution in [0.2, 0.25) is 0 Å². The molecule has 84 valence electrons. The number of hydrogen-bond acceptors (Lipinski definition) is 4. The van der Waals surface area contributed by atoms with Gasteiger partial charge in [-0.05, 0) is 6.42 Å². The predicted octanol–water partition coefficient (Wildman–Crippen LogP) is 1.39. The number of anilines is 1. The minimum atomic E-state index is -1.10. The molecule has 0 saturated carbocycles. The van der Waals surface area contributed by atoms with Gasteiger partial charge in [-0.15, -0.1) is 12.3 Å². The van der Waals surface area contributed by atoms with Crippen LogP contribution in [0.3, 0.4) is 0 Å². The van der Waals surface area contributed by atoms with E-state index in [1.807, 2.05) is 6.92 Å². The number of nitrogens with one attached hydrogen (secondary N) is 1. The monoisotopic (exact) mass is 219 g/mol. The molecule has 0 aliphatic rings. The van der Waals surface area contributed by atoms with Gasteiger partial charge in [0, 0.05) is 12.5 Å². The first-order valence-corrected chi connectivity index (χ1v) is 4.92. The Hall–Kier alpha value is -2.09. The second kappa shape index (κ2) is 5.71. The highest BCUT2D eigenvalue weighted by Crippen LogP contribution is 2.08. The van der Waals surface area contributed by atoms with Crippen LogP contribution in [0.15, 0.2) is 12.4 Å². The summed E-state index contributed by atoms with van der Waals surface area (Å²) < 4.78 is 0. The molecule has 16 heavy (non-hydrogen) atoms. The molecule has 0 spiro atoms. The Kier molecular flexibility index (Phi) is 4.28. The quantitative estimate of drug-likeness (QED) is 0.732. The summed E-state index contributed by atoms with van der Waals surface area (Å²) in [6.07, 6.45) is 9.30. The van der Waals surface area contributed by atoms with Gasteiger partial charge in [0.25, 0.3) is 0 Å². The third-order valence-electron chi connectivity index (χ3n) is 2.06. The van der Waals surface area contributed by atoms with Crippen LogP contribution in [0.5, 0.6) is 0 Å². The highest BCUT2D eigenvalue weighted by molar-refractivity contribution is 5.85. The lowest BCUT2D eigenvalue weighted by Crippen LogP contribution is -2.19. The average Bonchev–Trinajstić information content (AvgIpc) is 2.29. The van der Waals surface area contributed by atoms with Crippen LogP contribution in [0.25, 0.3) is 0 Å². The molecule has 2 N–H and O–H groups in total. The zero-order valence-electron chi connectivity index (χ0n) is 8.97. The summed E-state index contributed by atoms with van der Waals surface area (Å²) in [4.78, 5) is 18.4. The largest absolute Gasteiger partial charge is 0.476 e. The molecular weight excluding hydrogens is 206 g/mol. The number of aromatic nitrogens is 2. The summed E-state index contributed by atoms with van der Waals surface area (Å²) in [6.45, 7) is 1.99. The van der Waals surface area contributed by atoms with Gasteiger partial charge in [0.05, 0.1) is 12.4 Å². The number of hydrogen-bond donors (Lipinski definition) is 2. The molecular formula is C11H13N3O2. The number of carboxylic acids is 1. The molecule has 5 heteroatoms. The van der Waals surface area contributed by atoms with E-state index in [2.05, 4.69) is 21.2 Å². The minimum absolute atomic E-state index is 0.0828. The van der Waals surface area contributed by atoms with Crippen LogP contribution in [0.4, 0.5) is 5.82 Å². The number of nitrogens with zero attached hydrogens (tertiary/aromatic N) is 2. The highest BCUT2D eigenvalue weighted by atomic mass is 16.4. The van der Waals surface area contributed by atoms with Gasteiger partial charge < -0.3 is 10.4 Å². The zero-order valence-corrected chi connectivity index (χ0v) is 8.97. The maximum atomic E-state index is 10.7. The molecule has 0 bridgehead atoms. The number of carboxylic acid groups (broad SMARTS) is 1. The number of terminal acetylenes is 1. The molecule has 1 aromatic rings. The third-order valence-corrected chi connectivity index (χ3v) is 2.06. The van der Waals surface area contributed by atoms with E-state index in [-0.39, 0.29) is 11.7 Å². The minimum Gasteiger partial charge on any atom is -0.476 e. The van der Waals surface area contributed by atoms with Crippen molar-refractivity contribution in [3.8, 4) is 12.3 Å². The summed E-state index contributed by atoms with van der Waals surface area (Å²) in [5.74, 6) is 1.89. The summed E-state index contributed by atoms with van der Waals surface area (Å²) in [7, 11) is 0. The molecule has 1 rings (SSSR count). The highest BCUT2D eigenvalue weighted by Gasteiger charge is 2.09. The molecule has 0 aliphatic carbocycles. The van der Waals surface area contributed by atoms with Gasteiger partial charge in [0.1, 0.15) is 5.82 Å². The first kappa shape index (κ1) is 12.0. The molecule has 0 aliphatic heterocycles. The topological polar surface area (TPSA) is 75.1 Å². The van der Waals surface area contributed by atoms with Crippen LogP contribution in [-0.4, -0.2) is 27.1 Å². The van der Waals surface area contributed by atoms with E-state index in [1.54, 1.807) is 0 Å². The second-order valence-corrected chi connectivity index (χ2v) is 3.25. The maximum Gasteiger partial charge on any atom is 0.356 e. The van der Waals surface area contributed by atoms with Crippen molar-refractivity contribution in [1.29, 1.82) is 0 Å². The van der Waals surface area contributed by atoms with Crippen molar-refractivity contribution in [2.24, 2.45) is 0 Å². The Bertz CT molecular complexity index is 412. The summed E-state index contributed by atoms with van der Waals surface area (Å²) in [5, 5.41) is 11.8. The molecule has 0 fully saturated rings. The fourth-order valence-electron chi connectivity index (χ4n) is 1.19. The van der Waals surface area contributed by atoms with Gasteiger partial charge in [-0.25, -0.2) is 9.78 Å². The van der Waals surface area contributed by atoms with Crippen molar-refractivity contribution in [2.45, 2.75) is 25.8 Å². The SMILES string of the molecule is C#CCC(CC)Nc1cncc(C(=O)O)n1. The smallest absolute Gasteiger partial charge is 0.356 e. The molecule has 0 saturated heterocycles. The average molecular weight is 219 g/mol. The third kappa shape index (κ3) is 3.24. The van der Waals surface area contributed by atoms with E-state index in [1.165, 1.54) is 12.4 Å². The first-order valence-electron chi connectivity index (χ1n) is 4.92. The molecule has 0 radical (unpaired) electrons. The first-order chi connectivity index (χ1) is 7.67. The van der Waals surface area contributed by atoms with Gasteiger partial charge in [-0.1, -0.05) is 6.92 Å². The fourth-order valence-corrected chi connectivity index (χ4v) is 1.19. The lowest BCUT2D eigenvalue weighted by Gasteiger charge is -2.14. The maximum absolute atomic E-state index is 10.7. The molecule has 1 atom stereocenters. The lowest BCUT2D eigenvalue weighted by atomic mass is 10.1. The van der Waals surface area contributed by atoms with Crippen LogP contribution in [-0.2, 0) is 0 Å². The van der Waals surface area contributed by atoms with Crippen LogP contribution < -0.4 is 5.32 Å². The Morgan fingerprint density at radius 2 is 2.44 bits per heavy atom. The molecule has 0 aromatic carbocycles. The van der Waals surface area contributed by atoms with E-state index in [0.29, 0.717) is 12.2 Å². The van der Waals surface area contributed by atoms with Crippen molar-refractivity contribution in [3.05, 3.63) is 18.1 Å². The van der Waals surface area contributed by atoms with E-state index >= 15 is 0 Å². The van der Waals surface area contributed by atoms with Crippen molar-refractivity contribution in [1.82, 2.24) is 9.97 Å². The molecule has 1 aromatic heterocycles. The van der Waals surface area contributed by atoms with Crippen LogP contribution in [0, 0.1) is 12.3 Å². The van der Waals surface area contributed by atoms with Gasteiger partial charge in [0.15, 0.2) is 5.69 Å². The summed E-state index contributed by atoms with van der Waals surface area (Å²) >= 11 is 0. The zero-order chi connectivity index (χ0) is 12.0. The van der Waals surface area contributed by atoms with Crippen LogP contribution in [0.1, 0.15) is 30.3 Å². The summed E-state index contributed by atoms with van der Waals surface area (Å²) in [5.41, 5.74) is -0.0828. The van der Waals surface area contributed by atoms with E-state index in [4.69, 9.17) is 11.5 Å². The van der Waals surface area contributed by atoms with Crippen molar-refractivity contribution >= 4 is 11.8 Å². The van der Waals surface area contributed by atoms with E-state index in [9.17, 15) is 4.79 Å². The Morgan fingerprint density at radius 3 is 3.00 bits per heavy atom. The van der Waals surface area contributed by atoms with Gasteiger partial charge >= 0.3 is 5.97 Å². The summed E-state index contributed by atoms with van der Waals surface area (Å²) in [6, 6.07) is 0.0864. The molecule has 1 unspecified atom stereocenters. The number of aromatic carboxylic acids is 1. The number of carbonyl (C=O) groups is 1. The second-order valence-electron chi connectivity index (χ2n) is 3.25. The van der Waals surface area contributed by atoms with E-state index < -0.39 is 5.97 Å². The fraction of sp³-hybridized carbons (Fsp3) is 0.364. The lowest BCUT2D eigenvalue weighted by molar-refractivity contribution is 0.0690. The Labute approximate surface area is 93.9 Å². The number of rotatable bonds is 5. The molecule has 1 heterocycles. The van der Waals surface area contributed by atoms with Crippen molar-refractivity contribution in [3.63, 3.8) is 0 Å². The van der Waals surface area contributed by atoms with Gasteiger partial charge in [-0.2, -0.15) is 0 Å². The van der Waals surface area contributed by atoms with Gasteiger partial charge in [-0.3, -0.25) is 4.98 Å². The van der Waals surface area contributed by atoms with Crippen LogP contribution >= 0.6 is 0 Å².